The Labute approximate surface area is 223 Å². The summed E-state index contributed by atoms with van der Waals surface area (Å²) in [5.74, 6) is 1.05. The number of hydrogen-bond acceptors (Lipinski definition) is 5. The standard InChI is InChI=1S/C28H27F3N6O2/c1-17-6-10-21(11-7-17)32-27(38)33-24-16-19(22-4-2-3-5-23(22)26-34-36-37-35-26)15-20(14-18-8-9-18)25(24)39-13-12-28(29,30)31/h2-7,10-11,15-16,18H,8-9,12-14H2,1H3,(H2,32,33,38)(H,34,35,36,37). The molecule has 1 saturated carbocycles. The van der Waals surface area contributed by atoms with Crippen molar-refractivity contribution in [3.05, 3.63) is 71.8 Å². The van der Waals surface area contributed by atoms with Gasteiger partial charge in [-0.2, -0.15) is 18.4 Å². The number of carbonyl (C=O) groups excluding carboxylic acids is 1. The summed E-state index contributed by atoms with van der Waals surface area (Å²) < 4.78 is 44.6. The van der Waals surface area contributed by atoms with Crippen molar-refractivity contribution >= 4 is 17.4 Å². The third kappa shape index (κ3) is 6.92. The van der Waals surface area contributed by atoms with Gasteiger partial charge in [-0.3, -0.25) is 0 Å². The number of amides is 2. The van der Waals surface area contributed by atoms with Gasteiger partial charge in [-0.25, -0.2) is 4.79 Å². The van der Waals surface area contributed by atoms with E-state index in [2.05, 4.69) is 31.3 Å². The lowest BCUT2D eigenvalue weighted by Crippen LogP contribution is -2.21. The number of ether oxygens (including phenoxy) is 1. The van der Waals surface area contributed by atoms with Crippen LogP contribution in [0.1, 0.15) is 30.4 Å². The van der Waals surface area contributed by atoms with E-state index in [0.717, 1.165) is 35.1 Å². The van der Waals surface area contributed by atoms with Crippen molar-refractivity contribution in [2.24, 2.45) is 5.92 Å². The number of H-pyrrole nitrogens is 1. The molecule has 5 rings (SSSR count). The molecule has 0 aliphatic heterocycles. The minimum Gasteiger partial charge on any atom is -0.491 e. The van der Waals surface area contributed by atoms with Crippen LogP contribution < -0.4 is 15.4 Å². The highest BCUT2D eigenvalue weighted by Crippen LogP contribution is 2.42. The van der Waals surface area contributed by atoms with Crippen LogP contribution in [0.2, 0.25) is 0 Å². The summed E-state index contributed by atoms with van der Waals surface area (Å²) in [5.41, 5.74) is 4.85. The maximum atomic E-state index is 13.0. The van der Waals surface area contributed by atoms with Crippen LogP contribution in [0.3, 0.4) is 0 Å². The molecule has 0 atom stereocenters. The summed E-state index contributed by atoms with van der Waals surface area (Å²) >= 11 is 0. The maximum Gasteiger partial charge on any atom is 0.392 e. The highest BCUT2D eigenvalue weighted by molar-refractivity contribution is 6.01. The molecule has 1 aliphatic carbocycles. The molecule has 202 valence electrons. The fourth-order valence-corrected chi connectivity index (χ4v) is 4.29. The summed E-state index contributed by atoms with van der Waals surface area (Å²) in [5, 5.41) is 19.9. The van der Waals surface area contributed by atoms with Gasteiger partial charge in [-0.05, 0) is 78.3 Å². The number of rotatable bonds is 9. The van der Waals surface area contributed by atoms with Gasteiger partial charge in [0, 0.05) is 11.3 Å². The molecule has 8 nitrogen and oxygen atoms in total. The molecule has 1 fully saturated rings. The molecule has 0 radical (unpaired) electrons. The second kappa shape index (κ2) is 11.1. The van der Waals surface area contributed by atoms with Crippen LogP contribution in [0.25, 0.3) is 22.5 Å². The van der Waals surface area contributed by atoms with Gasteiger partial charge in [0.05, 0.1) is 18.7 Å². The molecule has 0 saturated heterocycles. The average molecular weight is 537 g/mol. The predicted molar refractivity (Wildman–Crippen MR) is 141 cm³/mol. The third-order valence-corrected chi connectivity index (χ3v) is 6.39. The van der Waals surface area contributed by atoms with E-state index in [0.29, 0.717) is 29.4 Å². The maximum absolute atomic E-state index is 13.0. The number of tetrazole rings is 1. The van der Waals surface area contributed by atoms with Crippen molar-refractivity contribution in [3.63, 3.8) is 0 Å². The molecular formula is C28H27F3N6O2. The first-order chi connectivity index (χ1) is 18.7. The number of halogens is 3. The zero-order chi connectivity index (χ0) is 27.4. The van der Waals surface area contributed by atoms with Gasteiger partial charge in [0.15, 0.2) is 0 Å². The average Bonchev–Trinajstić information content (AvgIpc) is 3.54. The molecule has 0 unspecified atom stereocenters. The zero-order valence-corrected chi connectivity index (χ0v) is 21.2. The molecule has 1 aliphatic rings. The second-order valence-electron chi connectivity index (χ2n) is 9.60. The van der Waals surface area contributed by atoms with Crippen LogP contribution in [-0.2, 0) is 6.42 Å². The van der Waals surface area contributed by atoms with Gasteiger partial charge in [-0.15, -0.1) is 10.2 Å². The summed E-state index contributed by atoms with van der Waals surface area (Å²) in [4.78, 5) is 13.0. The van der Waals surface area contributed by atoms with Crippen LogP contribution in [-0.4, -0.2) is 39.4 Å². The van der Waals surface area contributed by atoms with Gasteiger partial charge >= 0.3 is 12.2 Å². The van der Waals surface area contributed by atoms with Gasteiger partial charge in [0.2, 0.25) is 5.82 Å². The van der Waals surface area contributed by atoms with Crippen molar-refractivity contribution in [2.75, 3.05) is 17.2 Å². The molecule has 0 spiro atoms. The monoisotopic (exact) mass is 536 g/mol. The predicted octanol–water partition coefficient (Wildman–Crippen LogP) is 6.77. The van der Waals surface area contributed by atoms with Gasteiger partial charge in [-0.1, -0.05) is 42.0 Å². The molecule has 0 bridgehead atoms. The summed E-state index contributed by atoms with van der Waals surface area (Å²) in [7, 11) is 0. The molecule has 2 amide bonds. The molecule has 11 heteroatoms. The van der Waals surface area contributed by atoms with E-state index >= 15 is 0 Å². The van der Waals surface area contributed by atoms with Gasteiger partial charge in [0.25, 0.3) is 0 Å². The van der Waals surface area contributed by atoms with Crippen LogP contribution in [0.15, 0.2) is 60.7 Å². The number of anilines is 2. The molecule has 4 aromatic rings. The molecule has 3 N–H and O–H groups in total. The Morgan fingerprint density at radius 2 is 1.79 bits per heavy atom. The van der Waals surface area contributed by atoms with E-state index in [1.165, 1.54) is 0 Å². The van der Waals surface area contributed by atoms with E-state index in [1.807, 2.05) is 49.4 Å². The number of aromatic amines is 1. The molecule has 1 aromatic heterocycles. The van der Waals surface area contributed by atoms with Crippen molar-refractivity contribution in [1.82, 2.24) is 20.6 Å². The van der Waals surface area contributed by atoms with Crippen LogP contribution in [0.5, 0.6) is 5.75 Å². The number of urea groups is 1. The molecular weight excluding hydrogens is 509 g/mol. The lowest BCUT2D eigenvalue weighted by molar-refractivity contribution is -0.139. The van der Waals surface area contributed by atoms with Crippen molar-refractivity contribution in [1.29, 1.82) is 0 Å². The smallest absolute Gasteiger partial charge is 0.392 e. The first-order valence-corrected chi connectivity index (χ1v) is 12.6. The first-order valence-electron chi connectivity index (χ1n) is 12.6. The number of carbonyl (C=O) groups is 1. The Morgan fingerprint density at radius 1 is 1.05 bits per heavy atom. The first kappa shape index (κ1) is 26.2. The topological polar surface area (TPSA) is 105 Å². The number of aryl methyl sites for hydroxylation is 1. The quantitative estimate of drug-likeness (QED) is 0.219. The second-order valence-corrected chi connectivity index (χ2v) is 9.60. The summed E-state index contributed by atoms with van der Waals surface area (Å²) in [6.07, 6.45) is -2.79. The number of alkyl halides is 3. The minimum atomic E-state index is -4.36. The van der Waals surface area contributed by atoms with E-state index in [4.69, 9.17) is 4.74 Å². The van der Waals surface area contributed by atoms with E-state index in [9.17, 15) is 18.0 Å². The number of nitrogens with one attached hydrogen (secondary N) is 3. The van der Waals surface area contributed by atoms with E-state index in [-0.39, 0.29) is 11.4 Å². The van der Waals surface area contributed by atoms with E-state index < -0.39 is 25.2 Å². The Bertz CT molecular complexity index is 1430. The van der Waals surface area contributed by atoms with Crippen molar-refractivity contribution < 1.29 is 22.7 Å². The normalized spacial score (nSPS) is 13.2. The van der Waals surface area contributed by atoms with E-state index in [1.54, 1.807) is 18.2 Å². The fourth-order valence-electron chi connectivity index (χ4n) is 4.29. The zero-order valence-electron chi connectivity index (χ0n) is 21.2. The molecule has 3 aromatic carbocycles. The SMILES string of the molecule is Cc1ccc(NC(=O)Nc2cc(-c3ccccc3-c3nn[nH]n3)cc(CC3CC3)c2OCCC(F)(F)F)cc1. The van der Waals surface area contributed by atoms with Gasteiger partial charge in [0.1, 0.15) is 5.75 Å². The number of nitrogens with zero attached hydrogens (tertiary/aromatic N) is 3. The third-order valence-electron chi connectivity index (χ3n) is 6.39. The number of benzene rings is 3. The van der Waals surface area contributed by atoms with Gasteiger partial charge < -0.3 is 15.4 Å². The minimum absolute atomic E-state index is 0.242. The summed E-state index contributed by atoms with van der Waals surface area (Å²) in [6, 6.07) is 17.8. The Hall–Kier alpha value is -4.41. The van der Waals surface area contributed by atoms with Crippen LogP contribution >= 0.6 is 0 Å². The largest absolute Gasteiger partial charge is 0.491 e. The Balaban J connectivity index is 1.54. The lowest BCUT2D eigenvalue weighted by Gasteiger charge is -2.20. The van der Waals surface area contributed by atoms with Crippen molar-refractivity contribution in [2.45, 2.75) is 38.8 Å². The Kier molecular flexibility index (Phi) is 7.49. The number of hydrogen-bond donors (Lipinski definition) is 3. The molecule has 39 heavy (non-hydrogen) atoms. The van der Waals surface area contributed by atoms with Crippen molar-refractivity contribution in [3.8, 4) is 28.3 Å². The van der Waals surface area contributed by atoms with Crippen LogP contribution in [0, 0.1) is 12.8 Å². The van der Waals surface area contributed by atoms with Crippen LogP contribution in [0.4, 0.5) is 29.3 Å². The highest BCUT2D eigenvalue weighted by atomic mass is 19.4. The summed E-state index contributed by atoms with van der Waals surface area (Å²) in [6.45, 7) is 1.38. The highest BCUT2D eigenvalue weighted by Gasteiger charge is 2.29. The fraction of sp³-hybridized carbons (Fsp3) is 0.286. The Morgan fingerprint density at radius 3 is 2.46 bits per heavy atom. The molecule has 1 heterocycles. The lowest BCUT2D eigenvalue weighted by atomic mass is 9.94. The number of aromatic nitrogens is 4.